The van der Waals surface area contributed by atoms with Gasteiger partial charge in [-0.05, 0) is 54.2 Å². The second kappa shape index (κ2) is 14.4. The Balaban J connectivity index is 0.969. The molecule has 0 saturated carbocycles. The van der Waals surface area contributed by atoms with E-state index in [1.807, 2.05) is 19.2 Å². The van der Waals surface area contributed by atoms with Crippen LogP contribution in [0.5, 0.6) is 0 Å². The van der Waals surface area contributed by atoms with E-state index in [0.717, 1.165) is 15.2 Å². The van der Waals surface area contributed by atoms with Crippen LogP contribution in [-0.2, 0) is 0 Å². The highest BCUT2D eigenvalue weighted by Gasteiger charge is 2.36. The van der Waals surface area contributed by atoms with Crippen LogP contribution >= 0.6 is 0 Å². The van der Waals surface area contributed by atoms with Crippen molar-refractivity contribution in [2.75, 3.05) is 64.3 Å². The highest BCUT2D eigenvalue weighted by Crippen LogP contribution is 2.35. The van der Waals surface area contributed by atoms with Crippen LogP contribution in [0.15, 0.2) is 84.9 Å². The molecule has 15 heteroatoms. The van der Waals surface area contributed by atoms with Crippen molar-refractivity contribution in [2.45, 2.75) is 0 Å². The van der Waals surface area contributed by atoms with Gasteiger partial charge < -0.3 is 20.4 Å². The molecule has 0 spiro atoms. The standard InChI is InChI=1S/C41H35N7O8/c1-44-15-17-45(18-16-44)37(50)27-19-26(21-28(22-27)47-40(53)31-9-2-5-24-6-3-10-32(34(24)31)41(47)54)36(49)43-12-11-42-13-14-46-38(51)30-8-4-7-25-20-29(48(55)56)23-33(35(25)30)39(46)52/h2-10,19-23,42H,11-18H2,1H3,(H,43,49). The van der Waals surface area contributed by atoms with E-state index in [1.165, 1.54) is 30.3 Å². The van der Waals surface area contributed by atoms with Crippen molar-refractivity contribution in [3.8, 4) is 0 Å². The van der Waals surface area contributed by atoms with Crippen LogP contribution in [0.4, 0.5) is 11.4 Å². The van der Waals surface area contributed by atoms with Crippen LogP contribution in [0.3, 0.4) is 0 Å². The number of rotatable bonds is 10. The first kappa shape index (κ1) is 36.2. The lowest BCUT2D eigenvalue weighted by Gasteiger charge is -2.33. The van der Waals surface area contributed by atoms with Gasteiger partial charge in [0.05, 0.1) is 16.2 Å². The first-order chi connectivity index (χ1) is 27.0. The van der Waals surface area contributed by atoms with Crippen molar-refractivity contribution >= 4 is 68.4 Å². The molecular formula is C41H35N7O8. The molecule has 0 atom stereocenters. The number of carbonyl (C=O) groups excluding carboxylic acids is 6. The second-order valence-corrected chi connectivity index (χ2v) is 13.9. The first-order valence-electron chi connectivity index (χ1n) is 18.1. The minimum Gasteiger partial charge on any atom is -0.351 e. The zero-order valence-electron chi connectivity index (χ0n) is 30.2. The first-order valence-corrected chi connectivity index (χ1v) is 18.1. The van der Waals surface area contributed by atoms with Gasteiger partial charge in [0.25, 0.3) is 41.1 Å². The minimum atomic E-state index is -0.634. The van der Waals surface area contributed by atoms with Crippen LogP contribution in [0.2, 0.25) is 0 Å². The number of carbonyl (C=O) groups is 6. The third kappa shape index (κ3) is 6.31. The Labute approximate surface area is 319 Å². The van der Waals surface area contributed by atoms with E-state index < -0.39 is 34.5 Å². The van der Waals surface area contributed by atoms with Gasteiger partial charge >= 0.3 is 0 Å². The van der Waals surface area contributed by atoms with Gasteiger partial charge in [-0.2, -0.15) is 0 Å². The Morgan fingerprint density at radius 3 is 1.93 bits per heavy atom. The van der Waals surface area contributed by atoms with Crippen molar-refractivity contribution in [3.05, 3.63) is 128 Å². The third-order valence-corrected chi connectivity index (χ3v) is 10.5. The molecule has 8 rings (SSSR count). The monoisotopic (exact) mass is 753 g/mol. The highest BCUT2D eigenvalue weighted by atomic mass is 16.6. The molecule has 6 amide bonds. The van der Waals surface area contributed by atoms with Crippen molar-refractivity contribution in [1.29, 1.82) is 0 Å². The molecule has 5 aromatic rings. The van der Waals surface area contributed by atoms with Crippen molar-refractivity contribution in [3.63, 3.8) is 0 Å². The molecule has 0 bridgehead atoms. The molecule has 3 aliphatic heterocycles. The Kier molecular flexibility index (Phi) is 9.31. The van der Waals surface area contributed by atoms with Gasteiger partial charge in [0.15, 0.2) is 0 Å². The van der Waals surface area contributed by atoms with Gasteiger partial charge in [-0.15, -0.1) is 0 Å². The SMILES string of the molecule is CN1CCN(C(=O)c2cc(C(=O)NCCNCCN3C(=O)c4cccc5cc([N+](=O)[O-])cc(c45)C3=O)cc(N3C(=O)c4cccc5cccc(c45)C3=O)c2)CC1. The van der Waals surface area contributed by atoms with E-state index in [0.29, 0.717) is 53.5 Å². The number of nitrogens with one attached hydrogen (secondary N) is 2. The van der Waals surface area contributed by atoms with Crippen LogP contribution in [0, 0.1) is 10.1 Å². The molecule has 282 valence electrons. The van der Waals surface area contributed by atoms with Crippen molar-refractivity contribution < 1.29 is 33.7 Å². The summed E-state index contributed by atoms with van der Waals surface area (Å²) < 4.78 is 0. The smallest absolute Gasteiger partial charge is 0.270 e. The van der Waals surface area contributed by atoms with Crippen LogP contribution in [0.1, 0.15) is 62.1 Å². The molecule has 0 radical (unpaired) electrons. The number of non-ortho nitro benzene ring substituents is 1. The van der Waals surface area contributed by atoms with E-state index in [9.17, 15) is 38.9 Å². The maximum Gasteiger partial charge on any atom is 0.270 e. The fourth-order valence-corrected chi connectivity index (χ4v) is 7.58. The number of likely N-dealkylation sites (N-methyl/N-ethyl adjacent to an activating group) is 1. The largest absolute Gasteiger partial charge is 0.351 e. The van der Waals surface area contributed by atoms with E-state index in [4.69, 9.17) is 0 Å². The number of benzene rings is 5. The molecule has 5 aromatic carbocycles. The number of hydrogen-bond acceptors (Lipinski definition) is 10. The van der Waals surface area contributed by atoms with Gasteiger partial charge in [0, 0.05) is 103 Å². The topological polar surface area (TPSA) is 183 Å². The lowest BCUT2D eigenvalue weighted by Crippen LogP contribution is -2.47. The summed E-state index contributed by atoms with van der Waals surface area (Å²) in [5.41, 5.74) is 1.10. The Hall–Kier alpha value is -6.84. The van der Waals surface area contributed by atoms with Gasteiger partial charge in [0.2, 0.25) is 0 Å². The van der Waals surface area contributed by atoms with Gasteiger partial charge in [-0.25, -0.2) is 4.90 Å². The third-order valence-electron chi connectivity index (χ3n) is 10.5. The summed E-state index contributed by atoms with van der Waals surface area (Å²) in [5, 5.41) is 19.5. The normalized spacial score (nSPS) is 15.6. The van der Waals surface area contributed by atoms with E-state index in [-0.39, 0.29) is 65.7 Å². The minimum absolute atomic E-state index is 0.0291. The molecule has 1 fully saturated rings. The summed E-state index contributed by atoms with van der Waals surface area (Å²) in [6.45, 7) is 2.76. The van der Waals surface area contributed by atoms with Gasteiger partial charge in [-0.1, -0.05) is 36.4 Å². The van der Waals surface area contributed by atoms with E-state index in [1.54, 1.807) is 47.4 Å². The zero-order valence-corrected chi connectivity index (χ0v) is 30.2. The quantitative estimate of drug-likeness (QED) is 0.0924. The van der Waals surface area contributed by atoms with Crippen LogP contribution < -0.4 is 15.5 Å². The molecule has 0 aliphatic carbocycles. The van der Waals surface area contributed by atoms with Crippen LogP contribution in [-0.4, -0.2) is 114 Å². The molecule has 1 saturated heterocycles. The maximum absolute atomic E-state index is 13.9. The number of amides is 6. The molecule has 3 heterocycles. The predicted octanol–water partition coefficient (Wildman–Crippen LogP) is 3.71. The number of nitro benzene ring substituents is 1. The molecule has 0 unspecified atom stereocenters. The summed E-state index contributed by atoms with van der Waals surface area (Å²) >= 11 is 0. The van der Waals surface area contributed by atoms with E-state index >= 15 is 0 Å². The summed E-state index contributed by atoms with van der Waals surface area (Å²) in [4.78, 5) is 98.7. The fraction of sp³-hybridized carbons (Fsp3) is 0.220. The Morgan fingerprint density at radius 2 is 1.27 bits per heavy atom. The van der Waals surface area contributed by atoms with Crippen molar-refractivity contribution in [2.24, 2.45) is 0 Å². The molecule has 56 heavy (non-hydrogen) atoms. The zero-order chi connectivity index (χ0) is 39.2. The average Bonchev–Trinajstić information content (AvgIpc) is 3.20. The molecule has 0 aromatic heterocycles. The fourth-order valence-electron chi connectivity index (χ4n) is 7.58. The summed E-state index contributed by atoms with van der Waals surface area (Å²) in [6, 6.07) is 22.1. The molecule has 2 N–H and O–H groups in total. The lowest BCUT2D eigenvalue weighted by atomic mass is 9.93. The number of hydrogen-bond donors (Lipinski definition) is 2. The number of anilines is 1. The predicted molar refractivity (Wildman–Crippen MR) is 206 cm³/mol. The molecule has 3 aliphatic rings. The summed E-state index contributed by atoms with van der Waals surface area (Å²) in [7, 11) is 1.97. The summed E-state index contributed by atoms with van der Waals surface area (Å²) in [5.74, 6) is -3.15. The number of nitrogens with zero attached hydrogens (tertiary/aromatic N) is 5. The number of imide groups is 2. The summed E-state index contributed by atoms with van der Waals surface area (Å²) in [6.07, 6.45) is 0. The molecule has 15 nitrogen and oxygen atoms in total. The second-order valence-electron chi connectivity index (χ2n) is 13.9. The van der Waals surface area contributed by atoms with Crippen LogP contribution in [0.25, 0.3) is 21.5 Å². The van der Waals surface area contributed by atoms with Gasteiger partial charge in [-0.3, -0.25) is 43.8 Å². The average molecular weight is 754 g/mol. The number of piperazine rings is 1. The Morgan fingerprint density at radius 1 is 0.679 bits per heavy atom. The van der Waals surface area contributed by atoms with Crippen molar-refractivity contribution in [1.82, 2.24) is 25.3 Å². The molecular weight excluding hydrogens is 718 g/mol. The highest BCUT2D eigenvalue weighted by molar-refractivity contribution is 6.36. The van der Waals surface area contributed by atoms with Gasteiger partial charge in [0.1, 0.15) is 0 Å². The number of nitro groups is 1. The maximum atomic E-state index is 13.9. The lowest BCUT2D eigenvalue weighted by molar-refractivity contribution is -0.384. The Bertz CT molecular complexity index is 2490. The van der Waals surface area contributed by atoms with E-state index in [2.05, 4.69) is 15.5 Å².